The van der Waals surface area contributed by atoms with E-state index in [0.29, 0.717) is 18.2 Å². The lowest BCUT2D eigenvalue weighted by molar-refractivity contribution is 0.130. The van der Waals surface area contributed by atoms with E-state index in [-0.39, 0.29) is 12.6 Å². The van der Waals surface area contributed by atoms with Crippen molar-refractivity contribution in [1.29, 1.82) is 0 Å². The Morgan fingerprint density at radius 2 is 2.45 bits per heavy atom. The summed E-state index contributed by atoms with van der Waals surface area (Å²) in [5.74, 6) is 0. The zero-order valence-electron chi connectivity index (χ0n) is 6.64. The molecule has 0 fully saturated rings. The molecule has 4 heteroatoms. The van der Waals surface area contributed by atoms with E-state index in [1.54, 1.807) is 7.11 Å². The molecule has 0 aliphatic carbocycles. The van der Waals surface area contributed by atoms with Gasteiger partial charge in [0, 0.05) is 18.7 Å². The first kappa shape index (κ1) is 10.9. The van der Waals surface area contributed by atoms with E-state index >= 15 is 0 Å². The molecule has 0 aliphatic rings. The van der Waals surface area contributed by atoms with E-state index in [0.717, 1.165) is 0 Å². The minimum Gasteiger partial charge on any atom is -0.395 e. The number of halogens is 1. The lowest BCUT2D eigenvalue weighted by atomic mass is 10.3. The van der Waals surface area contributed by atoms with E-state index in [4.69, 9.17) is 21.4 Å². The number of methoxy groups -OCH3 is 1. The Labute approximate surface area is 72.0 Å². The first-order valence-electron chi connectivity index (χ1n) is 3.37. The second kappa shape index (κ2) is 6.61. The van der Waals surface area contributed by atoms with Crippen LogP contribution in [0.4, 0.5) is 0 Å². The fourth-order valence-electron chi connectivity index (χ4n) is 0.632. The average molecular weight is 180 g/mol. The Bertz CT molecular complexity index is 119. The van der Waals surface area contributed by atoms with Crippen molar-refractivity contribution < 1.29 is 9.84 Å². The summed E-state index contributed by atoms with van der Waals surface area (Å²) >= 11 is 5.50. The average Bonchev–Trinajstić information content (AvgIpc) is 1.97. The molecule has 0 heterocycles. The minimum atomic E-state index is -0.0597. The van der Waals surface area contributed by atoms with Gasteiger partial charge in [0.15, 0.2) is 0 Å². The molecule has 0 aromatic rings. The molecule has 0 bridgehead atoms. The van der Waals surface area contributed by atoms with Crippen LogP contribution < -0.4 is 5.32 Å². The van der Waals surface area contributed by atoms with Crippen molar-refractivity contribution in [3.05, 3.63) is 11.6 Å². The van der Waals surface area contributed by atoms with Crippen LogP contribution in [0.2, 0.25) is 0 Å². The molecule has 0 amide bonds. The fraction of sp³-hybridized carbons (Fsp3) is 0.714. The molecule has 0 aromatic carbocycles. The van der Waals surface area contributed by atoms with Gasteiger partial charge in [-0.05, 0) is 0 Å². The molecule has 0 saturated carbocycles. The molecule has 3 nitrogen and oxygen atoms in total. The van der Waals surface area contributed by atoms with Gasteiger partial charge in [-0.15, -0.1) is 0 Å². The van der Waals surface area contributed by atoms with Crippen molar-refractivity contribution in [2.75, 3.05) is 26.9 Å². The summed E-state index contributed by atoms with van der Waals surface area (Å²) < 4.78 is 4.83. The minimum absolute atomic E-state index is 0.0397. The number of hydrogen-bond acceptors (Lipinski definition) is 3. The number of rotatable bonds is 6. The van der Waals surface area contributed by atoms with Gasteiger partial charge in [-0.2, -0.15) is 0 Å². The maximum Gasteiger partial charge on any atom is 0.0638 e. The summed E-state index contributed by atoms with van der Waals surface area (Å²) in [5, 5.41) is 12.2. The topological polar surface area (TPSA) is 41.5 Å². The van der Waals surface area contributed by atoms with Crippen LogP contribution in [-0.4, -0.2) is 38.0 Å². The van der Waals surface area contributed by atoms with Crippen molar-refractivity contribution in [2.24, 2.45) is 0 Å². The highest BCUT2D eigenvalue weighted by Gasteiger charge is 2.04. The molecule has 1 atom stereocenters. The Morgan fingerprint density at radius 3 is 2.82 bits per heavy atom. The summed E-state index contributed by atoms with van der Waals surface area (Å²) in [6.07, 6.45) is 0. The zero-order chi connectivity index (χ0) is 8.69. The van der Waals surface area contributed by atoms with Gasteiger partial charge in [0.1, 0.15) is 0 Å². The zero-order valence-corrected chi connectivity index (χ0v) is 7.40. The number of ether oxygens (including phenoxy) is 1. The summed E-state index contributed by atoms with van der Waals surface area (Å²) in [4.78, 5) is 0. The third kappa shape index (κ3) is 6.31. The molecular weight excluding hydrogens is 166 g/mol. The van der Waals surface area contributed by atoms with Crippen molar-refractivity contribution in [3.8, 4) is 0 Å². The largest absolute Gasteiger partial charge is 0.395 e. The van der Waals surface area contributed by atoms with Crippen LogP contribution in [0.3, 0.4) is 0 Å². The fourth-order valence-corrected chi connectivity index (χ4v) is 0.710. The van der Waals surface area contributed by atoms with Gasteiger partial charge in [0.2, 0.25) is 0 Å². The summed E-state index contributed by atoms with van der Waals surface area (Å²) in [6.45, 7) is 4.51. The normalized spacial score (nSPS) is 13.0. The van der Waals surface area contributed by atoms with E-state index in [2.05, 4.69) is 11.9 Å². The van der Waals surface area contributed by atoms with Crippen LogP contribution >= 0.6 is 11.6 Å². The Hall–Kier alpha value is -0.0900. The highest BCUT2D eigenvalue weighted by Crippen LogP contribution is 1.93. The molecule has 1 unspecified atom stereocenters. The van der Waals surface area contributed by atoms with Crippen LogP contribution in [0.5, 0.6) is 0 Å². The smallest absolute Gasteiger partial charge is 0.0638 e. The van der Waals surface area contributed by atoms with Crippen molar-refractivity contribution in [2.45, 2.75) is 6.04 Å². The second-order valence-electron chi connectivity index (χ2n) is 2.23. The van der Waals surface area contributed by atoms with Gasteiger partial charge in [-0.3, -0.25) is 0 Å². The van der Waals surface area contributed by atoms with Crippen LogP contribution in [0.25, 0.3) is 0 Å². The predicted octanol–water partition coefficient (Wildman–Crippen LogP) is 0.336. The second-order valence-corrected chi connectivity index (χ2v) is 2.77. The molecule has 0 radical (unpaired) electrons. The van der Waals surface area contributed by atoms with E-state index in [9.17, 15) is 0 Å². The number of nitrogens with one attached hydrogen (secondary N) is 1. The lowest BCUT2D eigenvalue weighted by Crippen LogP contribution is -2.37. The molecule has 11 heavy (non-hydrogen) atoms. The predicted molar refractivity (Wildman–Crippen MR) is 45.7 cm³/mol. The highest BCUT2D eigenvalue weighted by atomic mass is 35.5. The Balaban J connectivity index is 3.43. The first-order valence-corrected chi connectivity index (χ1v) is 3.75. The Kier molecular flexibility index (Phi) is 6.56. The molecule has 0 rings (SSSR count). The van der Waals surface area contributed by atoms with Gasteiger partial charge in [0.25, 0.3) is 0 Å². The molecule has 0 aromatic heterocycles. The third-order valence-electron chi connectivity index (χ3n) is 1.17. The number of aliphatic hydroxyl groups is 1. The van der Waals surface area contributed by atoms with E-state index in [1.165, 1.54) is 0 Å². The summed E-state index contributed by atoms with van der Waals surface area (Å²) in [5.41, 5.74) is 0. The van der Waals surface area contributed by atoms with Gasteiger partial charge in [-0.1, -0.05) is 18.2 Å². The highest BCUT2D eigenvalue weighted by molar-refractivity contribution is 6.29. The van der Waals surface area contributed by atoms with Crippen LogP contribution in [0, 0.1) is 0 Å². The van der Waals surface area contributed by atoms with E-state index < -0.39 is 0 Å². The maximum absolute atomic E-state index is 8.75. The summed E-state index contributed by atoms with van der Waals surface area (Å²) in [6, 6.07) is -0.0597. The number of hydrogen-bond donors (Lipinski definition) is 2. The van der Waals surface area contributed by atoms with Gasteiger partial charge in [0.05, 0.1) is 19.3 Å². The molecular formula is C7H14ClNO2. The van der Waals surface area contributed by atoms with Crippen LogP contribution in [0.1, 0.15) is 0 Å². The SMILES string of the molecule is C=C(Cl)CNC(CO)COC. The first-order chi connectivity index (χ1) is 5.20. The van der Waals surface area contributed by atoms with Crippen LogP contribution in [-0.2, 0) is 4.74 Å². The molecule has 0 saturated heterocycles. The quantitative estimate of drug-likeness (QED) is 0.618. The molecule has 2 N–H and O–H groups in total. The standard InChI is InChI=1S/C7H14ClNO2/c1-6(8)3-9-7(4-10)5-11-2/h7,9-10H,1,3-5H2,2H3. The lowest BCUT2D eigenvalue weighted by Gasteiger charge is -2.13. The third-order valence-corrected chi connectivity index (χ3v) is 1.30. The Morgan fingerprint density at radius 1 is 1.82 bits per heavy atom. The van der Waals surface area contributed by atoms with E-state index in [1.807, 2.05) is 0 Å². The van der Waals surface area contributed by atoms with Crippen molar-refractivity contribution in [3.63, 3.8) is 0 Å². The monoisotopic (exact) mass is 179 g/mol. The van der Waals surface area contributed by atoms with Crippen LogP contribution in [0.15, 0.2) is 11.6 Å². The van der Waals surface area contributed by atoms with Gasteiger partial charge >= 0.3 is 0 Å². The number of aliphatic hydroxyl groups excluding tert-OH is 1. The molecule has 66 valence electrons. The summed E-state index contributed by atoms with van der Waals surface area (Å²) in [7, 11) is 1.58. The van der Waals surface area contributed by atoms with Crippen molar-refractivity contribution in [1.82, 2.24) is 5.32 Å². The van der Waals surface area contributed by atoms with Gasteiger partial charge < -0.3 is 15.2 Å². The van der Waals surface area contributed by atoms with Gasteiger partial charge in [-0.25, -0.2) is 0 Å². The maximum atomic E-state index is 8.75. The molecule has 0 spiro atoms. The van der Waals surface area contributed by atoms with Crippen molar-refractivity contribution >= 4 is 11.6 Å². The molecule has 0 aliphatic heterocycles.